The number of aromatic nitrogens is 2. The quantitative estimate of drug-likeness (QED) is 0.170. The number of nitrogens with zero attached hydrogens (tertiary/aromatic N) is 3. The Balaban J connectivity index is 1.53. The van der Waals surface area contributed by atoms with Gasteiger partial charge < -0.3 is 14.2 Å². The number of carbonyl (C=O) groups is 2. The van der Waals surface area contributed by atoms with Crippen LogP contribution in [0.15, 0.2) is 48.2 Å². The van der Waals surface area contributed by atoms with Gasteiger partial charge >= 0.3 is 24.4 Å². The second kappa shape index (κ2) is 13.6. The molecule has 1 amide bonds. The fourth-order valence-electron chi connectivity index (χ4n) is 6.26. The predicted molar refractivity (Wildman–Crippen MR) is 166 cm³/mol. The van der Waals surface area contributed by atoms with Crippen molar-refractivity contribution >= 4 is 17.6 Å². The molecule has 50 heavy (non-hydrogen) atoms. The summed E-state index contributed by atoms with van der Waals surface area (Å²) in [5.74, 6) is -1.26. The van der Waals surface area contributed by atoms with Crippen molar-refractivity contribution in [1.29, 1.82) is 0 Å². The van der Waals surface area contributed by atoms with Crippen LogP contribution in [0.2, 0.25) is 0 Å². The Hall–Kier alpha value is -4.69. The Kier molecular flexibility index (Phi) is 9.92. The van der Waals surface area contributed by atoms with Gasteiger partial charge in [0.05, 0.1) is 42.6 Å². The van der Waals surface area contributed by atoms with E-state index in [9.17, 15) is 40.3 Å². The highest BCUT2D eigenvalue weighted by Gasteiger charge is 2.44. The molecule has 3 aromatic rings. The summed E-state index contributed by atoms with van der Waals surface area (Å²) in [6.45, 7) is 7.15. The molecule has 268 valence electrons. The lowest BCUT2D eigenvalue weighted by Crippen LogP contribution is -2.35. The summed E-state index contributed by atoms with van der Waals surface area (Å²) < 4.78 is 112. The fraction of sp³-hybridized carbons (Fsp3) is 0.429. The largest absolute Gasteiger partial charge is 0.493 e. The van der Waals surface area contributed by atoms with Gasteiger partial charge in [-0.1, -0.05) is 19.9 Å². The summed E-state index contributed by atoms with van der Waals surface area (Å²) in [7, 11) is 1.41. The lowest BCUT2D eigenvalue weighted by molar-refractivity contribution is -0.143. The molecule has 1 aliphatic heterocycles. The van der Waals surface area contributed by atoms with E-state index in [2.05, 4.69) is 4.98 Å². The number of carbonyl (C=O) groups excluding carboxylic acids is 2. The van der Waals surface area contributed by atoms with Gasteiger partial charge in [0.1, 0.15) is 17.6 Å². The monoisotopic (exact) mass is 709 g/mol. The van der Waals surface area contributed by atoms with Gasteiger partial charge in [0.25, 0.3) is 0 Å². The van der Waals surface area contributed by atoms with Crippen LogP contribution in [0.25, 0.3) is 17.0 Å². The van der Waals surface area contributed by atoms with Gasteiger partial charge in [0.2, 0.25) is 0 Å². The van der Waals surface area contributed by atoms with E-state index in [1.165, 1.54) is 37.3 Å². The van der Waals surface area contributed by atoms with Crippen LogP contribution in [0.3, 0.4) is 0 Å². The van der Waals surface area contributed by atoms with Crippen LogP contribution >= 0.6 is 0 Å². The van der Waals surface area contributed by atoms with Crippen molar-refractivity contribution in [3.05, 3.63) is 81.9 Å². The van der Waals surface area contributed by atoms with Crippen molar-refractivity contribution in [3.8, 4) is 17.1 Å². The van der Waals surface area contributed by atoms with Crippen molar-refractivity contribution in [2.75, 3.05) is 20.3 Å². The molecule has 0 spiro atoms. The van der Waals surface area contributed by atoms with Gasteiger partial charge in [-0.3, -0.25) is 4.90 Å². The maximum Gasteiger partial charge on any atom is 0.416 e. The number of benzene rings is 2. The lowest BCUT2D eigenvalue weighted by atomic mass is 9.73. The molecular formula is C35H34F7N3O5. The SMILES string of the molecule is CCOC(=O)c1ccc(-c2ncc(OC)c(C3=C(CN4C(=O)O[C@H](c5cc(C(F)(F)F)cc(C(F)(F)F)c5)[C@@H]4C)CC(C)(C)CC3)n2)cc1F. The number of alkyl halides is 6. The minimum atomic E-state index is -5.07. The fourth-order valence-corrected chi connectivity index (χ4v) is 6.26. The van der Waals surface area contributed by atoms with E-state index in [1.54, 1.807) is 6.92 Å². The Morgan fingerprint density at radius 3 is 2.30 bits per heavy atom. The summed E-state index contributed by atoms with van der Waals surface area (Å²) in [4.78, 5) is 35.6. The van der Waals surface area contributed by atoms with Crippen molar-refractivity contribution < 1.29 is 54.5 Å². The molecule has 5 rings (SSSR count). The summed E-state index contributed by atoms with van der Waals surface area (Å²) in [5, 5.41) is 0. The molecule has 0 bridgehead atoms. The number of methoxy groups -OCH3 is 1. The molecule has 0 saturated carbocycles. The molecule has 2 aromatic carbocycles. The third kappa shape index (κ3) is 7.55. The van der Waals surface area contributed by atoms with E-state index in [0.717, 1.165) is 11.6 Å². The van der Waals surface area contributed by atoms with Crippen LogP contribution in [0.1, 0.15) is 85.8 Å². The van der Waals surface area contributed by atoms with Gasteiger partial charge in [-0.15, -0.1) is 0 Å². The summed E-state index contributed by atoms with van der Waals surface area (Å²) in [5.41, 5.74) is -1.92. The maximum atomic E-state index is 14.9. The first-order chi connectivity index (χ1) is 23.3. The zero-order valence-electron chi connectivity index (χ0n) is 27.8. The predicted octanol–water partition coefficient (Wildman–Crippen LogP) is 9.05. The van der Waals surface area contributed by atoms with Crippen molar-refractivity contribution in [3.63, 3.8) is 0 Å². The molecule has 2 atom stereocenters. The van der Waals surface area contributed by atoms with Crippen molar-refractivity contribution in [1.82, 2.24) is 14.9 Å². The van der Waals surface area contributed by atoms with E-state index in [0.29, 0.717) is 42.7 Å². The van der Waals surface area contributed by atoms with Crippen molar-refractivity contribution in [2.45, 2.75) is 71.5 Å². The highest BCUT2D eigenvalue weighted by molar-refractivity contribution is 5.90. The van der Waals surface area contributed by atoms with Crippen LogP contribution in [0, 0.1) is 11.2 Å². The van der Waals surface area contributed by atoms with Gasteiger partial charge in [-0.25, -0.2) is 23.9 Å². The van der Waals surface area contributed by atoms with Gasteiger partial charge in [-0.2, -0.15) is 26.3 Å². The van der Waals surface area contributed by atoms with Crippen LogP contribution in [-0.4, -0.2) is 53.2 Å². The number of ether oxygens (including phenoxy) is 3. The molecule has 1 aromatic heterocycles. The number of cyclic esters (lactones) is 1. The van der Waals surface area contributed by atoms with E-state index in [4.69, 9.17) is 19.2 Å². The first kappa shape index (κ1) is 36.6. The first-order valence-electron chi connectivity index (χ1n) is 15.7. The highest BCUT2D eigenvalue weighted by atomic mass is 19.4. The number of hydrogen-bond donors (Lipinski definition) is 0. The lowest BCUT2D eigenvalue weighted by Gasteiger charge is -2.35. The maximum absolute atomic E-state index is 14.9. The third-order valence-corrected chi connectivity index (χ3v) is 8.85. The van der Waals surface area contributed by atoms with E-state index < -0.39 is 59.1 Å². The molecule has 0 unspecified atom stereocenters. The molecular weight excluding hydrogens is 675 g/mol. The molecule has 1 fully saturated rings. The second-order valence-electron chi connectivity index (χ2n) is 13.0. The topological polar surface area (TPSA) is 90.9 Å². The number of esters is 1. The number of halogens is 7. The Morgan fingerprint density at radius 1 is 1.06 bits per heavy atom. The number of allylic oxidation sites excluding steroid dienone is 1. The number of hydrogen-bond acceptors (Lipinski definition) is 7. The van der Waals surface area contributed by atoms with Gasteiger partial charge in [0.15, 0.2) is 11.6 Å². The first-order valence-corrected chi connectivity index (χ1v) is 15.7. The Morgan fingerprint density at radius 2 is 1.72 bits per heavy atom. The zero-order valence-corrected chi connectivity index (χ0v) is 27.8. The Labute approximate surface area is 283 Å². The molecule has 0 radical (unpaired) electrons. The van der Waals surface area contributed by atoms with E-state index in [-0.39, 0.29) is 47.3 Å². The van der Waals surface area contributed by atoms with Crippen LogP contribution in [-0.2, 0) is 21.8 Å². The smallest absolute Gasteiger partial charge is 0.416 e. The normalized spacial score (nSPS) is 19.4. The van der Waals surface area contributed by atoms with Gasteiger partial charge in [-0.05, 0) is 85.6 Å². The van der Waals surface area contributed by atoms with Crippen molar-refractivity contribution in [2.24, 2.45) is 5.41 Å². The van der Waals surface area contributed by atoms with Crippen LogP contribution in [0.4, 0.5) is 35.5 Å². The van der Waals surface area contributed by atoms with E-state index in [1.807, 2.05) is 13.8 Å². The number of rotatable bonds is 8. The minimum Gasteiger partial charge on any atom is -0.493 e. The third-order valence-electron chi connectivity index (χ3n) is 8.85. The highest BCUT2D eigenvalue weighted by Crippen LogP contribution is 2.46. The summed E-state index contributed by atoms with van der Waals surface area (Å²) in [6.07, 6.45) is -9.43. The average Bonchev–Trinajstić information content (AvgIpc) is 3.31. The average molecular weight is 710 g/mol. The molecule has 0 N–H and O–H groups in total. The summed E-state index contributed by atoms with van der Waals surface area (Å²) in [6, 6.07) is 4.05. The molecule has 8 nitrogen and oxygen atoms in total. The molecule has 15 heteroatoms. The molecule has 1 aliphatic carbocycles. The minimum absolute atomic E-state index is 0.0242. The van der Waals surface area contributed by atoms with E-state index >= 15 is 0 Å². The standard InChI is InChI=1S/C35H34F7N3O5/c1-6-49-31(46)25-8-7-19(13-26(25)36)30-43-16-27(48-5)28(44-30)24-9-10-33(3,4)15-21(24)17-45-18(2)29(50-32(45)47)20-11-22(34(37,38)39)14-23(12-20)35(40,41)42/h7-8,11-14,16,18,29H,6,9-10,15,17H2,1-5H3/t18-,29-/m0/s1. The van der Waals surface area contributed by atoms with Gasteiger partial charge in [0, 0.05) is 12.1 Å². The summed E-state index contributed by atoms with van der Waals surface area (Å²) >= 11 is 0. The second-order valence-corrected chi connectivity index (χ2v) is 13.0. The molecule has 2 aliphatic rings. The van der Waals surface area contributed by atoms with Crippen LogP contribution < -0.4 is 4.74 Å². The zero-order chi connectivity index (χ0) is 36.8. The van der Waals surface area contributed by atoms with Crippen LogP contribution in [0.5, 0.6) is 5.75 Å². The number of amides is 1. The molecule has 1 saturated heterocycles. The Bertz CT molecular complexity index is 1810. The molecule has 2 heterocycles.